The van der Waals surface area contributed by atoms with E-state index in [0.717, 1.165) is 6.42 Å². The third-order valence-electron chi connectivity index (χ3n) is 1.91. The molecule has 1 aromatic rings. The summed E-state index contributed by atoms with van der Waals surface area (Å²) in [5.74, 6) is 0.0944. The molecule has 0 unspecified atom stereocenters. The summed E-state index contributed by atoms with van der Waals surface area (Å²) in [6.45, 7) is 2.87. The molecule has 0 aliphatic rings. The molecule has 0 aliphatic carbocycles. The molecule has 1 rings (SSSR count). The van der Waals surface area contributed by atoms with Crippen molar-refractivity contribution in [2.45, 2.75) is 13.3 Å². The molecule has 0 bridgehead atoms. The van der Waals surface area contributed by atoms with E-state index < -0.39 is 0 Å². The summed E-state index contributed by atoms with van der Waals surface area (Å²) in [4.78, 5) is 13.9. The number of amides is 1. The summed E-state index contributed by atoms with van der Waals surface area (Å²) >= 11 is 7.96. The van der Waals surface area contributed by atoms with Crippen molar-refractivity contribution >= 4 is 39.0 Å². The van der Waals surface area contributed by atoms with Gasteiger partial charge in [-0.25, -0.2) is 0 Å². The summed E-state index contributed by atoms with van der Waals surface area (Å²) in [7, 11) is 0. The molecule has 0 spiro atoms. The van der Waals surface area contributed by atoms with Gasteiger partial charge in [0.05, 0.1) is 11.5 Å². The van der Waals surface area contributed by atoms with Gasteiger partial charge in [0.2, 0.25) is 0 Å². The fourth-order valence-corrected chi connectivity index (χ4v) is 1.76. The van der Waals surface area contributed by atoms with Crippen LogP contribution in [0.5, 0.6) is 0 Å². The van der Waals surface area contributed by atoms with Gasteiger partial charge < -0.3 is 15.1 Å². The van der Waals surface area contributed by atoms with Crippen molar-refractivity contribution in [3.8, 4) is 0 Å². The van der Waals surface area contributed by atoms with E-state index in [0.29, 0.717) is 16.2 Å². The van der Waals surface area contributed by atoms with Crippen LogP contribution in [0.15, 0.2) is 21.2 Å². The Hall–Kier alpha value is -0.880. The number of carbonyl (C=O) groups excluding carboxylic acids is 1. The number of furan rings is 1. The predicted octanol–water partition coefficient (Wildman–Crippen LogP) is 2.18. The van der Waals surface area contributed by atoms with Gasteiger partial charge in [-0.2, -0.15) is 0 Å². The highest BCUT2D eigenvalue weighted by Gasteiger charge is 2.18. The van der Waals surface area contributed by atoms with Crippen molar-refractivity contribution in [2.75, 3.05) is 13.1 Å². The quantitative estimate of drug-likeness (QED) is 0.847. The van der Waals surface area contributed by atoms with Crippen LogP contribution in [0.2, 0.25) is 0 Å². The third kappa shape index (κ3) is 3.61. The Kier molecular flexibility index (Phi) is 4.95. The minimum atomic E-state index is -0.194. The Morgan fingerprint density at radius 3 is 2.75 bits per heavy atom. The molecule has 0 atom stereocenters. The lowest BCUT2D eigenvalue weighted by Crippen LogP contribution is -2.38. The highest BCUT2D eigenvalue weighted by molar-refractivity contribution is 9.10. The van der Waals surface area contributed by atoms with Crippen LogP contribution in [-0.4, -0.2) is 28.9 Å². The molecule has 1 heterocycles. The van der Waals surface area contributed by atoms with Crippen LogP contribution in [-0.2, 0) is 0 Å². The van der Waals surface area contributed by atoms with Crippen molar-refractivity contribution in [2.24, 2.45) is 5.73 Å². The zero-order chi connectivity index (χ0) is 12.1. The summed E-state index contributed by atoms with van der Waals surface area (Å²) in [5, 5.41) is 0. The Morgan fingerprint density at radius 2 is 2.31 bits per heavy atom. The maximum atomic E-state index is 12.0. The lowest BCUT2D eigenvalue weighted by Gasteiger charge is -2.19. The lowest BCUT2D eigenvalue weighted by molar-refractivity contribution is 0.0747. The first kappa shape index (κ1) is 13.2. The molecule has 0 aliphatic heterocycles. The van der Waals surface area contributed by atoms with Gasteiger partial charge in [-0.3, -0.25) is 4.79 Å². The second-order valence-electron chi connectivity index (χ2n) is 3.30. The average molecular weight is 305 g/mol. The number of nitrogens with two attached hydrogens (primary N) is 1. The highest BCUT2D eigenvalue weighted by atomic mass is 79.9. The summed E-state index contributed by atoms with van der Waals surface area (Å²) in [6.07, 6.45) is 0.843. The number of nitrogens with zero attached hydrogens (tertiary/aromatic N) is 1. The first-order chi connectivity index (χ1) is 7.54. The first-order valence-electron chi connectivity index (χ1n) is 4.87. The zero-order valence-corrected chi connectivity index (χ0v) is 11.3. The molecule has 0 radical (unpaired) electrons. The fourth-order valence-electron chi connectivity index (χ4n) is 1.30. The van der Waals surface area contributed by atoms with E-state index in [1.807, 2.05) is 6.92 Å². The number of thiocarbonyl (C=S) groups is 1. The molecule has 2 N–H and O–H groups in total. The van der Waals surface area contributed by atoms with Crippen molar-refractivity contribution in [1.29, 1.82) is 0 Å². The molecule has 1 amide bonds. The van der Waals surface area contributed by atoms with E-state index in [9.17, 15) is 4.79 Å². The maximum absolute atomic E-state index is 12.0. The minimum Gasteiger partial charge on any atom is -0.444 e. The summed E-state index contributed by atoms with van der Waals surface area (Å²) in [6, 6.07) is 3.30. The van der Waals surface area contributed by atoms with Crippen LogP contribution < -0.4 is 5.73 Å². The van der Waals surface area contributed by atoms with Gasteiger partial charge in [0.15, 0.2) is 10.4 Å². The topological polar surface area (TPSA) is 59.5 Å². The largest absolute Gasteiger partial charge is 0.444 e. The van der Waals surface area contributed by atoms with Gasteiger partial charge in [0.1, 0.15) is 0 Å². The lowest BCUT2D eigenvalue weighted by atomic mass is 10.3. The summed E-state index contributed by atoms with van der Waals surface area (Å²) in [5.41, 5.74) is 5.44. The molecule has 0 saturated heterocycles. The SMILES string of the molecule is CCCN(CC(N)=S)C(=O)c1ccc(Br)o1. The second kappa shape index (κ2) is 6.00. The van der Waals surface area contributed by atoms with Crippen LogP contribution >= 0.6 is 28.1 Å². The van der Waals surface area contributed by atoms with Crippen molar-refractivity contribution in [3.05, 3.63) is 22.6 Å². The van der Waals surface area contributed by atoms with E-state index in [2.05, 4.69) is 15.9 Å². The fraction of sp³-hybridized carbons (Fsp3) is 0.400. The van der Waals surface area contributed by atoms with E-state index in [-0.39, 0.29) is 18.2 Å². The molecule has 4 nitrogen and oxygen atoms in total. The van der Waals surface area contributed by atoms with Crippen molar-refractivity contribution in [3.63, 3.8) is 0 Å². The van der Waals surface area contributed by atoms with Gasteiger partial charge >= 0.3 is 0 Å². The smallest absolute Gasteiger partial charge is 0.289 e. The monoisotopic (exact) mass is 304 g/mol. The molecular formula is C10H13BrN2O2S. The normalized spacial score (nSPS) is 10.1. The number of carbonyl (C=O) groups is 1. The number of rotatable bonds is 5. The highest BCUT2D eigenvalue weighted by Crippen LogP contribution is 2.15. The maximum Gasteiger partial charge on any atom is 0.289 e. The average Bonchev–Trinajstić information content (AvgIpc) is 2.62. The van der Waals surface area contributed by atoms with E-state index in [1.165, 1.54) is 0 Å². The van der Waals surface area contributed by atoms with Crippen LogP contribution in [0.25, 0.3) is 0 Å². The molecule has 16 heavy (non-hydrogen) atoms. The Bertz CT molecular complexity index is 392. The Balaban J connectivity index is 2.78. The zero-order valence-electron chi connectivity index (χ0n) is 8.90. The standard InChI is InChI=1S/C10H13BrN2O2S/c1-2-5-13(6-9(12)16)10(14)7-3-4-8(11)15-7/h3-4H,2,5-6H2,1H3,(H2,12,16). The van der Waals surface area contributed by atoms with E-state index in [4.69, 9.17) is 22.4 Å². The van der Waals surface area contributed by atoms with Gasteiger partial charge in [-0.15, -0.1) is 0 Å². The van der Waals surface area contributed by atoms with Crippen LogP contribution in [0, 0.1) is 0 Å². The molecular weight excluding hydrogens is 292 g/mol. The Morgan fingerprint density at radius 1 is 1.62 bits per heavy atom. The molecule has 88 valence electrons. The van der Waals surface area contributed by atoms with Crippen LogP contribution in [0.3, 0.4) is 0 Å². The van der Waals surface area contributed by atoms with Gasteiger partial charge in [0.25, 0.3) is 5.91 Å². The van der Waals surface area contributed by atoms with Crippen LogP contribution in [0.1, 0.15) is 23.9 Å². The minimum absolute atomic E-state index is 0.194. The van der Waals surface area contributed by atoms with E-state index in [1.54, 1.807) is 17.0 Å². The van der Waals surface area contributed by atoms with E-state index >= 15 is 0 Å². The van der Waals surface area contributed by atoms with Crippen molar-refractivity contribution in [1.82, 2.24) is 4.90 Å². The number of hydrogen-bond donors (Lipinski definition) is 1. The Labute approximate surface area is 108 Å². The van der Waals surface area contributed by atoms with Gasteiger partial charge in [-0.05, 0) is 34.5 Å². The first-order valence-corrected chi connectivity index (χ1v) is 6.07. The number of halogens is 1. The predicted molar refractivity (Wildman–Crippen MR) is 69.4 cm³/mol. The van der Waals surface area contributed by atoms with Crippen molar-refractivity contribution < 1.29 is 9.21 Å². The third-order valence-corrected chi connectivity index (χ3v) is 2.47. The van der Waals surface area contributed by atoms with Gasteiger partial charge in [0, 0.05) is 6.54 Å². The van der Waals surface area contributed by atoms with Gasteiger partial charge in [-0.1, -0.05) is 19.1 Å². The molecule has 6 heteroatoms. The van der Waals surface area contributed by atoms with Crippen LogP contribution in [0.4, 0.5) is 0 Å². The molecule has 0 fully saturated rings. The second-order valence-corrected chi connectivity index (χ2v) is 4.60. The molecule has 0 aromatic carbocycles. The number of hydrogen-bond acceptors (Lipinski definition) is 3. The molecule has 0 saturated carbocycles. The summed E-state index contributed by atoms with van der Waals surface area (Å²) < 4.78 is 5.73. The molecule has 1 aromatic heterocycles.